The van der Waals surface area contributed by atoms with Crippen molar-refractivity contribution in [2.24, 2.45) is 22.7 Å². The Morgan fingerprint density at radius 3 is 2.14 bits per heavy atom. The van der Waals surface area contributed by atoms with Gasteiger partial charge in [0.05, 0.1) is 5.60 Å². The molecule has 0 aromatic rings. The second kappa shape index (κ2) is 12.4. The van der Waals surface area contributed by atoms with Gasteiger partial charge >= 0.3 is 12.4 Å². The number of hydrogen-bond donors (Lipinski definition) is 2. The number of alkyl halides is 7. The molecule has 2 unspecified atom stereocenters. The molecular formula is C33H47F7O2. The highest BCUT2D eigenvalue weighted by molar-refractivity contribution is 5.38. The molecule has 3 aliphatic rings. The van der Waals surface area contributed by atoms with Gasteiger partial charge in [-0.15, -0.1) is 0 Å². The van der Waals surface area contributed by atoms with Gasteiger partial charge in [0.15, 0.2) is 0 Å². The third-order valence-electron chi connectivity index (χ3n) is 10.3. The molecule has 9 heteroatoms. The van der Waals surface area contributed by atoms with E-state index < -0.39 is 35.1 Å². The van der Waals surface area contributed by atoms with Crippen molar-refractivity contribution in [1.82, 2.24) is 0 Å². The minimum Gasteiger partial charge on any atom is -0.390 e. The van der Waals surface area contributed by atoms with E-state index in [0.29, 0.717) is 31.3 Å². The Balaban J connectivity index is 1.93. The average molecular weight is 609 g/mol. The van der Waals surface area contributed by atoms with Gasteiger partial charge < -0.3 is 10.2 Å². The summed E-state index contributed by atoms with van der Waals surface area (Å²) in [6, 6.07) is 0. The van der Waals surface area contributed by atoms with Gasteiger partial charge in [-0.2, -0.15) is 26.3 Å². The number of fused-ring (bicyclic) bond motifs is 1. The predicted octanol–water partition coefficient (Wildman–Crippen LogP) is 9.88. The SMILES string of the molecule is C=C1/C(=C\C=C2/CCC[C@@]3(C)C2CCC3[C@](C)(C/C=C\C(O)(C(F)(F)F)C(F)(F)F)CCCC(C)(C)O)CCC[C@@H]1F. The van der Waals surface area contributed by atoms with E-state index in [1.54, 1.807) is 13.8 Å². The molecule has 0 amide bonds. The summed E-state index contributed by atoms with van der Waals surface area (Å²) >= 11 is 0. The van der Waals surface area contributed by atoms with E-state index in [4.69, 9.17) is 0 Å². The molecule has 5 atom stereocenters. The quantitative estimate of drug-likeness (QED) is 0.202. The van der Waals surface area contributed by atoms with Crippen LogP contribution in [0.15, 0.2) is 47.6 Å². The Bertz CT molecular complexity index is 1050. The van der Waals surface area contributed by atoms with Gasteiger partial charge in [0.25, 0.3) is 5.60 Å². The molecule has 3 rings (SSSR count). The number of rotatable bonds is 9. The first kappa shape index (κ1) is 34.9. The third kappa shape index (κ3) is 7.36. The van der Waals surface area contributed by atoms with Gasteiger partial charge in [-0.1, -0.05) is 50.6 Å². The van der Waals surface area contributed by atoms with E-state index in [-0.39, 0.29) is 29.7 Å². The molecule has 0 heterocycles. The fraction of sp³-hybridized carbons (Fsp3) is 0.758. The average Bonchev–Trinajstić information content (AvgIpc) is 3.21. The summed E-state index contributed by atoms with van der Waals surface area (Å²) in [5, 5.41) is 20.0. The lowest BCUT2D eigenvalue weighted by molar-refractivity contribution is -0.347. The highest BCUT2D eigenvalue weighted by Crippen LogP contribution is 2.64. The summed E-state index contributed by atoms with van der Waals surface area (Å²) in [5.74, 6) is 0.202. The second-order valence-electron chi connectivity index (χ2n) is 14.0. The number of halogens is 7. The molecule has 3 saturated carbocycles. The minimum absolute atomic E-state index is 0.00235. The molecule has 0 radical (unpaired) electrons. The van der Waals surface area contributed by atoms with Gasteiger partial charge in [-0.25, -0.2) is 4.39 Å². The maximum Gasteiger partial charge on any atom is 0.429 e. The van der Waals surface area contributed by atoms with Crippen LogP contribution >= 0.6 is 0 Å². The van der Waals surface area contributed by atoms with Gasteiger partial charge in [-0.3, -0.25) is 0 Å². The van der Waals surface area contributed by atoms with Crippen molar-refractivity contribution in [2.45, 2.75) is 134 Å². The van der Waals surface area contributed by atoms with Gasteiger partial charge in [0.2, 0.25) is 0 Å². The smallest absolute Gasteiger partial charge is 0.390 e. The first-order valence-corrected chi connectivity index (χ1v) is 15.1. The van der Waals surface area contributed by atoms with Crippen LogP contribution in [0.4, 0.5) is 30.7 Å². The Morgan fingerprint density at radius 1 is 0.905 bits per heavy atom. The Labute approximate surface area is 245 Å². The Hall–Kier alpha value is -1.61. The molecule has 3 fully saturated rings. The first-order valence-electron chi connectivity index (χ1n) is 15.1. The van der Waals surface area contributed by atoms with Gasteiger partial charge in [0.1, 0.15) is 6.17 Å². The molecule has 2 N–H and O–H groups in total. The maximum absolute atomic E-state index is 14.2. The molecule has 0 bridgehead atoms. The van der Waals surface area contributed by atoms with Crippen molar-refractivity contribution in [1.29, 1.82) is 0 Å². The summed E-state index contributed by atoms with van der Waals surface area (Å²) in [6.45, 7) is 11.4. The zero-order valence-corrected chi connectivity index (χ0v) is 25.3. The molecule has 2 nitrogen and oxygen atoms in total. The number of aliphatic hydroxyl groups is 2. The summed E-state index contributed by atoms with van der Waals surface area (Å²) in [5.41, 5.74) is -4.06. The normalized spacial score (nSPS) is 31.6. The molecule has 0 aromatic carbocycles. The zero-order chi connectivity index (χ0) is 31.8. The molecule has 0 saturated heterocycles. The van der Waals surface area contributed by atoms with Crippen molar-refractivity contribution < 1.29 is 40.9 Å². The van der Waals surface area contributed by atoms with E-state index in [1.807, 2.05) is 13.0 Å². The number of hydrogen-bond acceptors (Lipinski definition) is 2. The molecular weight excluding hydrogens is 561 g/mol. The zero-order valence-electron chi connectivity index (χ0n) is 25.3. The third-order valence-corrected chi connectivity index (χ3v) is 10.3. The Kier molecular flexibility index (Phi) is 10.3. The van der Waals surface area contributed by atoms with Crippen molar-refractivity contribution in [2.75, 3.05) is 0 Å². The molecule has 42 heavy (non-hydrogen) atoms. The lowest BCUT2D eigenvalue weighted by Crippen LogP contribution is -2.55. The lowest BCUT2D eigenvalue weighted by Gasteiger charge is -2.49. The van der Waals surface area contributed by atoms with Crippen LogP contribution in [-0.2, 0) is 0 Å². The van der Waals surface area contributed by atoms with Crippen LogP contribution in [0.1, 0.15) is 105 Å². The van der Waals surface area contributed by atoms with Crippen molar-refractivity contribution in [3.63, 3.8) is 0 Å². The van der Waals surface area contributed by atoms with E-state index in [2.05, 4.69) is 19.6 Å². The summed E-state index contributed by atoms with van der Waals surface area (Å²) in [7, 11) is 0. The largest absolute Gasteiger partial charge is 0.429 e. The van der Waals surface area contributed by atoms with E-state index in [1.165, 1.54) is 5.57 Å². The fourth-order valence-corrected chi connectivity index (χ4v) is 7.98. The van der Waals surface area contributed by atoms with Crippen LogP contribution in [0.25, 0.3) is 0 Å². The topological polar surface area (TPSA) is 40.5 Å². The summed E-state index contributed by atoms with van der Waals surface area (Å²) < 4.78 is 94.3. The Morgan fingerprint density at radius 2 is 1.55 bits per heavy atom. The van der Waals surface area contributed by atoms with Crippen molar-refractivity contribution in [3.8, 4) is 0 Å². The predicted molar refractivity (Wildman–Crippen MR) is 151 cm³/mol. The van der Waals surface area contributed by atoms with Crippen LogP contribution in [0, 0.1) is 22.7 Å². The molecule has 0 aliphatic heterocycles. The molecule has 0 aromatic heterocycles. The first-order chi connectivity index (χ1) is 19.1. The van der Waals surface area contributed by atoms with Crippen LogP contribution in [-0.4, -0.2) is 39.9 Å². The van der Waals surface area contributed by atoms with E-state index in [0.717, 1.165) is 56.6 Å². The van der Waals surface area contributed by atoms with Gasteiger partial charge in [0, 0.05) is 0 Å². The molecule has 0 spiro atoms. The fourth-order valence-electron chi connectivity index (χ4n) is 7.98. The second-order valence-corrected chi connectivity index (χ2v) is 14.0. The molecule has 240 valence electrons. The summed E-state index contributed by atoms with van der Waals surface area (Å²) in [6.07, 6.45) is -0.282. The monoisotopic (exact) mass is 608 g/mol. The summed E-state index contributed by atoms with van der Waals surface area (Å²) in [4.78, 5) is 0. The van der Waals surface area contributed by atoms with Crippen LogP contribution < -0.4 is 0 Å². The maximum atomic E-state index is 14.2. The van der Waals surface area contributed by atoms with Crippen LogP contribution in [0.3, 0.4) is 0 Å². The standard InChI is InChI=1S/C33H47F7O2/c1-22-23(10-6-12-26(22)34)13-14-24-11-7-20-30(5)25(24)15-16-27(30)29(4,18-8-17-28(2,3)41)19-9-21-31(42,32(35,36)37)33(38,39)40/h9,13-14,21,25-27,41-42H,1,6-8,10-12,15-20H2,2-5H3/b21-9-,23-13-,24-14+/t25?,26-,27?,29-,30-/m0/s1. The van der Waals surface area contributed by atoms with E-state index >= 15 is 0 Å². The molecule has 3 aliphatic carbocycles. The highest BCUT2D eigenvalue weighted by Gasteiger charge is 2.69. The van der Waals surface area contributed by atoms with Crippen molar-refractivity contribution >= 4 is 0 Å². The van der Waals surface area contributed by atoms with Crippen LogP contribution in [0.2, 0.25) is 0 Å². The highest BCUT2D eigenvalue weighted by atomic mass is 19.4. The van der Waals surface area contributed by atoms with Crippen molar-refractivity contribution in [3.05, 3.63) is 47.6 Å². The minimum atomic E-state index is -5.91. The lowest BCUT2D eigenvalue weighted by atomic mass is 9.55. The van der Waals surface area contributed by atoms with Crippen LogP contribution in [0.5, 0.6) is 0 Å². The van der Waals surface area contributed by atoms with Gasteiger partial charge in [-0.05, 0) is 124 Å². The number of allylic oxidation sites excluding steroid dienone is 6. The van der Waals surface area contributed by atoms with E-state index in [9.17, 15) is 40.9 Å².